The Hall–Kier alpha value is -0.610. The zero-order chi connectivity index (χ0) is 7.56. The van der Waals surface area contributed by atoms with Crippen LogP contribution in [0.1, 0.15) is 6.92 Å². The van der Waals surface area contributed by atoms with Gasteiger partial charge in [-0.2, -0.15) is 0 Å². The molecule has 0 bridgehead atoms. The molecule has 1 fully saturated rings. The summed E-state index contributed by atoms with van der Waals surface area (Å²) in [5.41, 5.74) is 0. The van der Waals surface area contributed by atoms with Crippen LogP contribution in [0.15, 0.2) is 0 Å². The number of aliphatic hydroxyl groups is 1. The number of carbonyl (C=O) groups excluding carboxylic acids is 1. The second-order valence-electron chi connectivity index (χ2n) is 2.48. The number of aliphatic hydroxyl groups excluding tert-OH is 1. The highest BCUT2D eigenvalue weighted by atomic mass is 16.3. The largest absolute Gasteiger partial charge is 0.376 e. The van der Waals surface area contributed by atoms with E-state index >= 15 is 0 Å². The lowest BCUT2D eigenvalue weighted by Gasteiger charge is -2.31. The maximum Gasteiger partial charge on any atom is 0.238 e. The van der Waals surface area contributed by atoms with Crippen LogP contribution >= 0.6 is 0 Å². The predicted octanol–water partition coefficient (Wildman–Crippen LogP) is -1.24. The third kappa shape index (κ3) is 1.27. The van der Waals surface area contributed by atoms with Gasteiger partial charge in [0.05, 0.1) is 6.54 Å². The first-order chi connectivity index (χ1) is 4.75. The summed E-state index contributed by atoms with van der Waals surface area (Å²) in [5.74, 6) is -0.0266. The maximum absolute atomic E-state index is 10.9. The van der Waals surface area contributed by atoms with Crippen molar-refractivity contribution in [3.63, 3.8) is 0 Å². The molecule has 1 unspecified atom stereocenters. The van der Waals surface area contributed by atoms with Gasteiger partial charge in [0.1, 0.15) is 6.73 Å². The van der Waals surface area contributed by atoms with Gasteiger partial charge in [-0.3, -0.25) is 4.79 Å². The molecular weight excluding hydrogens is 132 g/mol. The van der Waals surface area contributed by atoms with Crippen molar-refractivity contribution in [3.8, 4) is 0 Å². The van der Waals surface area contributed by atoms with Crippen molar-refractivity contribution in [2.45, 2.75) is 13.0 Å². The molecular formula is C6H12N2O2. The Morgan fingerprint density at radius 1 is 1.90 bits per heavy atom. The summed E-state index contributed by atoms with van der Waals surface area (Å²) in [7, 11) is 0. The highest BCUT2D eigenvalue weighted by molar-refractivity contribution is 5.79. The topological polar surface area (TPSA) is 52.6 Å². The number of amides is 1. The first-order valence-corrected chi connectivity index (χ1v) is 3.36. The third-order valence-corrected chi connectivity index (χ3v) is 1.72. The average molecular weight is 144 g/mol. The van der Waals surface area contributed by atoms with Crippen molar-refractivity contribution in [1.82, 2.24) is 10.2 Å². The molecule has 58 valence electrons. The summed E-state index contributed by atoms with van der Waals surface area (Å²) >= 11 is 0. The van der Waals surface area contributed by atoms with Crippen LogP contribution in [-0.2, 0) is 4.79 Å². The first kappa shape index (κ1) is 7.50. The van der Waals surface area contributed by atoms with Crippen molar-refractivity contribution in [2.24, 2.45) is 0 Å². The quantitative estimate of drug-likeness (QED) is 0.484. The van der Waals surface area contributed by atoms with Crippen molar-refractivity contribution in [2.75, 3.05) is 19.8 Å². The number of rotatable bonds is 1. The van der Waals surface area contributed by atoms with Gasteiger partial charge in [0.15, 0.2) is 0 Å². The number of nitrogens with one attached hydrogen (secondary N) is 1. The Kier molecular flexibility index (Phi) is 2.24. The maximum atomic E-state index is 10.9. The average Bonchev–Trinajstić information content (AvgIpc) is 1.88. The van der Waals surface area contributed by atoms with E-state index in [1.54, 1.807) is 0 Å². The molecule has 0 saturated carbocycles. The number of hydrogen-bond donors (Lipinski definition) is 2. The molecule has 4 heteroatoms. The van der Waals surface area contributed by atoms with E-state index < -0.39 is 0 Å². The van der Waals surface area contributed by atoms with E-state index in [1.807, 2.05) is 6.92 Å². The molecule has 0 radical (unpaired) electrons. The molecule has 0 aromatic carbocycles. The number of nitrogens with zero attached hydrogens (tertiary/aromatic N) is 1. The minimum atomic E-state index is -0.165. The molecule has 1 rings (SSSR count). The van der Waals surface area contributed by atoms with E-state index in [0.717, 1.165) is 6.54 Å². The van der Waals surface area contributed by atoms with E-state index in [-0.39, 0.29) is 18.7 Å². The van der Waals surface area contributed by atoms with Crippen LogP contribution in [0.2, 0.25) is 0 Å². The van der Waals surface area contributed by atoms with Crippen LogP contribution in [-0.4, -0.2) is 41.8 Å². The Bertz CT molecular complexity index is 138. The summed E-state index contributed by atoms with van der Waals surface area (Å²) < 4.78 is 0. The molecule has 1 aliphatic heterocycles. The Labute approximate surface area is 59.8 Å². The van der Waals surface area contributed by atoms with Crippen LogP contribution in [0.5, 0.6) is 0 Å². The minimum absolute atomic E-state index is 0.0266. The van der Waals surface area contributed by atoms with E-state index in [4.69, 9.17) is 5.11 Å². The van der Waals surface area contributed by atoms with Crippen LogP contribution < -0.4 is 5.32 Å². The van der Waals surface area contributed by atoms with Crippen molar-refractivity contribution in [1.29, 1.82) is 0 Å². The molecule has 1 amide bonds. The monoisotopic (exact) mass is 144 g/mol. The van der Waals surface area contributed by atoms with E-state index in [0.29, 0.717) is 6.54 Å². The first-order valence-electron chi connectivity index (χ1n) is 3.36. The molecule has 1 aliphatic rings. The SMILES string of the molecule is CC1CNCC(=O)N1CO. The van der Waals surface area contributed by atoms with Gasteiger partial charge in [-0.15, -0.1) is 0 Å². The summed E-state index contributed by atoms with van der Waals surface area (Å²) in [5, 5.41) is 11.7. The molecule has 1 saturated heterocycles. The van der Waals surface area contributed by atoms with Crippen molar-refractivity contribution >= 4 is 5.91 Å². The van der Waals surface area contributed by atoms with Crippen LogP contribution in [0.4, 0.5) is 0 Å². The van der Waals surface area contributed by atoms with Gasteiger partial charge in [-0.25, -0.2) is 0 Å². The van der Waals surface area contributed by atoms with E-state index in [2.05, 4.69) is 5.32 Å². The lowest BCUT2D eigenvalue weighted by atomic mass is 10.2. The molecule has 1 heterocycles. The van der Waals surface area contributed by atoms with Gasteiger partial charge in [0.25, 0.3) is 0 Å². The zero-order valence-electron chi connectivity index (χ0n) is 6.00. The molecule has 2 N–H and O–H groups in total. The highest BCUT2D eigenvalue weighted by Gasteiger charge is 2.22. The number of piperazine rings is 1. The molecule has 4 nitrogen and oxygen atoms in total. The fraction of sp³-hybridized carbons (Fsp3) is 0.833. The van der Waals surface area contributed by atoms with Gasteiger partial charge >= 0.3 is 0 Å². The lowest BCUT2D eigenvalue weighted by molar-refractivity contribution is -0.138. The summed E-state index contributed by atoms with van der Waals surface area (Å²) in [6, 6.07) is 0.117. The summed E-state index contributed by atoms with van der Waals surface area (Å²) in [6.45, 7) is 2.86. The van der Waals surface area contributed by atoms with Gasteiger partial charge in [-0.05, 0) is 6.92 Å². The predicted molar refractivity (Wildman–Crippen MR) is 36.3 cm³/mol. The standard InChI is InChI=1S/C6H12N2O2/c1-5-2-7-3-6(10)8(5)4-9/h5,7,9H,2-4H2,1H3. The molecule has 0 spiro atoms. The summed E-state index contributed by atoms with van der Waals surface area (Å²) in [6.07, 6.45) is 0. The second-order valence-corrected chi connectivity index (χ2v) is 2.48. The Morgan fingerprint density at radius 3 is 3.00 bits per heavy atom. The summed E-state index contributed by atoms with van der Waals surface area (Å²) in [4.78, 5) is 12.4. The highest BCUT2D eigenvalue weighted by Crippen LogP contribution is 2.00. The minimum Gasteiger partial charge on any atom is -0.376 e. The Morgan fingerprint density at radius 2 is 2.60 bits per heavy atom. The number of hydrogen-bond acceptors (Lipinski definition) is 3. The van der Waals surface area contributed by atoms with Gasteiger partial charge in [-0.1, -0.05) is 0 Å². The van der Waals surface area contributed by atoms with Crippen LogP contribution in [0, 0.1) is 0 Å². The molecule has 0 aliphatic carbocycles. The van der Waals surface area contributed by atoms with Crippen molar-refractivity contribution < 1.29 is 9.90 Å². The van der Waals surface area contributed by atoms with E-state index in [1.165, 1.54) is 4.90 Å². The third-order valence-electron chi connectivity index (χ3n) is 1.72. The van der Waals surface area contributed by atoms with E-state index in [9.17, 15) is 4.79 Å². The van der Waals surface area contributed by atoms with Gasteiger partial charge in [0, 0.05) is 12.6 Å². The Balaban J connectivity index is 2.53. The second kappa shape index (κ2) is 2.98. The molecule has 1 atom stereocenters. The van der Waals surface area contributed by atoms with Gasteiger partial charge in [0.2, 0.25) is 5.91 Å². The van der Waals surface area contributed by atoms with Crippen molar-refractivity contribution in [3.05, 3.63) is 0 Å². The fourth-order valence-corrected chi connectivity index (χ4v) is 1.06. The van der Waals surface area contributed by atoms with Crippen LogP contribution in [0.25, 0.3) is 0 Å². The number of carbonyl (C=O) groups is 1. The molecule has 0 aromatic heterocycles. The van der Waals surface area contributed by atoms with Crippen LogP contribution in [0.3, 0.4) is 0 Å². The molecule has 10 heavy (non-hydrogen) atoms. The molecule has 0 aromatic rings. The normalized spacial score (nSPS) is 27.2. The smallest absolute Gasteiger partial charge is 0.238 e. The fourth-order valence-electron chi connectivity index (χ4n) is 1.06. The zero-order valence-corrected chi connectivity index (χ0v) is 6.00. The van der Waals surface area contributed by atoms with Gasteiger partial charge < -0.3 is 15.3 Å². The lowest BCUT2D eigenvalue weighted by Crippen LogP contribution is -2.53.